The van der Waals surface area contributed by atoms with Crippen molar-refractivity contribution in [2.45, 2.75) is 0 Å². The third kappa shape index (κ3) is 2.56. The van der Waals surface area contributed by atoms with Crippen LogP contribution >= 0.6 is 0 Å². The van der Waals surface area contributed by atoms with Crippen molar-refractivity contribution in [2.24, 2.45) is 4.99 Å². The first-order valence-electron chi connectivity index (χ1n) is 4.65. The van der Waals surface area contributed by atoms with Crippen LogP contribution in [0.2, 0.25) is 0 Å². The van der Waals surface area contributed by atoms with Crippen molar-refractivity contribution in [3.05, 3.63) is 18.2 Å². The van der Waals surface area contributed by atoms with Gasteiger partial charge < -0.3 is 15.0 Å². The van der Waals surface area contributed by atoms with Crippen LogP contribution in [0.5, 0.6) is 0 Å². The van der Waals surface area contributed by atoms with E-state index in [-0.39, 0.29) is 6.54 Å². The molecule has 0 spiro atoms. The molecule has 0 radical (unpaired) electrons. The second kappa shape index (κ2) is 5.14. The zero-order chi connectivity index (χ0) is 11.3. The van der Waals surface area contributed by atoms with Crippen LogP contribution in [0.1, 0.15) is 0 Å². The molecule has 4 heteroatoms. The molecular weight excluding hydrogens is 190 g/mol. The number of aldehydes is 1. The average Bonchev–Trinajstić information content (AvgIpc) is 2.25. The molecule has 15 heavy (non-hydrogen) atoms. The molecule has 80 valence electrons. The van der Waals surface area contributed by atoms with Gasteiger partial charge in [0.2, 0.25) is 0 Å². The van der Waals surface area contributed by atoms with Crippen LogP contribution in [0.4, 0.5) is 17.1 Å². The molecule has 0 unspecified atom stereocenters. The first-order valence-corrected chi connectivity index (χ1v) is 4.65. The molecule has 1 aromatic carbocycles. The molecule has 0 saturated carbocycles. The molecule has 1 aromatic rings. The minimum absolute atomic E-state index is 0.271. The van der Waals surface area contributed by atoms with Gasteiger partial charge in [0, 0.05) is 14.1 Å². The summed E-state index contributed by atoms with van der Waals surface area (Å²) in [5, 5.41) is 3.02. The van der Waals surface area contributed by atoms with Crippen LogP contribution in [0.25, 0.3) is 0 Å². The Hall–Kier alpha value is -1.84. The van der Waals surface area contributed by atoms with Gasteiger partial charge >= 0.3 is 0 Å². The van der Waals surface area contributed by atoms with E-state index >= 15 is 0 Å². The quantitative estimate of drug-likeness (QED) is 0.587. The van der Waals surface area contributed by atoms with Crippen LogP contribution in [-0.4, -0.2) is 33.6 Å². The van der Waals surface area contributed by atoms with Gasteiger partial charge in [0.05, 0.1) is 23.6 Å². The number of benzene rings is 1. The molecule has 0 aromatic heterocycles. The molecule has 0 atom stereocenters. The summed E-state index contributed by atoms with van der Waals surface area (Å²) < 4.78 is 0. The van der Waals surface area contributed by atoms with Crippen molar-refractivity contribution < 1.29 is 4.79 Å². The number of para-hydroxylation sites is 1. The maximum absolute atomic E-state index is 10.3. The van der Waals surface area contributed by atoms with Crippen LogP contribution in [0.3, 0.4) is 0 Å². The lowest BCUT2D eigenvalue weighted by molar-refractivity contribution is -0.106. The summed E-state index contributed by atoms with van der Waals surface area (Å²) in [6.07, 6.45) is 0.819. The predicted molar refractivity (Wildman–Crippen MR) is 64.5 cm³/mol. The van der Waals surface area contributed by atoms with E-state index in [0.717, 1.165) is 23.3 Å². The fraction of sp³-hybridized carbons (Fsp3) is 0.273. The largest absolute Gasteiger partial charge is 0.376 e. The number of nitrogens with zero attached hydrogens (tertiary/aromatic N) is 2. The summed E-state index contributed by atoms with van der Waals surface area (Å²) in [5.74, 6) is 0. The number of hydrogen-bond donors (Lipinski definition) is 1. The molecular formula is C11H15N3O. The molecule has 0 amide bonds. The second-order valence-electron chi connectivity index (χ2n) is 3.27. The Bertz CT molecular complexity index is 361. The second-order valence-corrected chi connectivity index (χ2v) is 3.27. The maximum Gasteiger partial charge on any atom is 0.139 e. The first kappa shape index (κ1) is 11.2. The van der Waals surface area contributed by atoms with Gasteiger partial charge in [0.15, 0.2) is 0 Å². The Morgan fingerprint density at radius 2 is 2.27 bits per heavy atom. The van der Waals surface area contributed by atoms with E-state index in [4.69, 9.17) is 0 Å². The summed E-state index contributed by atoms with van der Waals surface area (Å²) in [7, 11) is 3.88. The van der Waals surface area contributed by atoms with E-state index in [2.05, 4.69) is 17.0 Å². The van der Waals surface area contributed by atoms with Gasteiger partial charge in [0.25, 0.3) is 0 Å². The number of rotatable bonds is 5. The van der Waals surface area contributed by atoms with E-state index < -0.39 is 0 Å². The molecule has 0 saturated heterocycles. The fourth-order valence-electron chi connectivity index (χ4n) is 1.36. The van der Waals surface area contributed by atoms with Crippen molar-refractivity contribution in [1.82, 2.24) is 0 Å². The Labute approximate surface area is 89.6 Å². The zero-order valence-corrected chi connectivity index (χ0v) is 9.03. The zero-order valence-electron chi connectivity index (χ0n) is 9.03. The number of hydrogen-bond acceptors (Lipinski definition) is 4. The predicted octanol–water partition coefficient (Wildman–Crippen LogP) is 1.70. The molecule has 0 bridgehead atoms. The molecule has 0 heterocycles. The Balaban J connectivity index is 3.13. The highest BCUT2D eigenvalue weighted by molar-refractivity contribution is 5.83. The number of aliphatic imine (C=N–C) groups is 1. The van der Waals surface area contributed by atoms with Gasteiger partial charge in [-0.3, -0.25) is 4.99 Å². The van der Waals surface area contributed by atoms with E-state index in [1.807, 2.05) is 37.2 Å². The molecule has 0 aliphatic rings. The normalized spacial score (nSPS) is 9.47. The van der Waals surface area contributed by atoms with Gasteiger partial charge in [-0.15, -0.1) is 0 Å². The number of anilines is 2. The van der Waals surface area contributed by atoms with E-state index in [0.29, 0.717) is 0 Å². The standard InChI is InChI=1S/C11H15N3O/c1-12-9-5-4-6-10(14(2)3)11(9)13-7-8-15/h4-6,8,13H,1,7H2,2-3H3. The SMILES string of the molecule is C=Nc1cccc(N(C)C)c1NCC=O. The van der Waals surface area contributed by atoms with Crippen molar-refractivity contribution in [3.8, 4) is 0 Å². The number of carbonyl (C=O) groups excluding carboxylic acids is 1. The lowest BCUT2D eigenvalue weighted by Gasteiger charge is -2.19. The van der Waals surface area contributed by atoms with Gasteiger partial charge in [-0.05, 0) is 18.9 Å². The third-order valence-electron chi connectivity index (χ3n) is 2.03. The van der Waals surface area contributed by atoms with Gasteiger partial charge in [-0.1, -0.05) is 6.07 Å². The number of nitrogens with one attached hydrogen (secondary N) is 1. The summed E-state index contributed by atoms with van der Waals surface area (Å²) in [6.45, 7) is 3.77. The molecule has 4 nitrogen and oxygen atoms in total. The van der Waals surface area contributed by atoms with E-state index in [1.165, 1.54) is 0 Å². The summed E-state index contributed by atoms with van der Waals surface area (Å²) in [4.78, 5) is 16.2. The lowest BCUT2D eigenvalue weighted by atomic mass is 10.2. The molecule has 0 aliphatic carbocycles. The smallest absolute Gasteiger partial charge is 0.139 e. The summed E-state index contributed by atoms with van der Waals surface area (Å²) in [5.41, 5.74) is 2.58. The van der Waals surface area contributed by atoms with Gasteiger partial charge in [0.1, 0.15) is 6.29 Å². The van der Waals surface area contributed by atoms with Crippen LogP contribution < -0.4 is 10.2 Å². The highest BCUT2D eigenvalue weighted by atomic mass is 16.1. The highest BCUT2D eigenvalue weighted by Crippen LogP contribution is 2.33. The van der Waals surface area contributed by atoms with Crippen molar-refractivity contribution in [1.29, 1.82) is 0 Å². The van der Waals surface area contributed by atoms with Crippen molar-refractivity contribution in [3.63, 3.8) is 0 Å². The Morgan fingerprint density at radius 1 is 1.53 bits per heavy atom. The Morgan fingerprint density at radius 3 is 2.80 bits per heavy atom. The Kier molecular flexibility index (Phi) is 3.85. The molecule has 1 rings (SSSR count). The molecule has 0 aliphatic heterocycles. The highest BCUT2D eigenvalue weighted by Gasteiger charge is 2.07. The maximum atomic E-state index is 10.3. The summed E-state index contributed by atoms with van der Waals surface area (Å²) >= 11 is 0. The number of carbonyl (C=O) groups is 1. The molecule has 0 fully saturated rings. The molecule has 1 N–H and O–H groups in total. The van der Waals surface area contributed by atoms with Gasteiger partial charge in [-0.2, -0.15) is 0 Å². The third-order valence-corrected chi connectivity index (χ3v) is 2.03. The first-order chi connectivity index (χ1) is 7.20. The topological polar surface area (TPSA) is 44.7 Å². The minimum Gasteiger partial charge on any atom is -0.376 e. The van der Waals surface area contributed by atoms with Crippen LogP contribution in [0.15, 0.2) is 23.2 Å². The monoisotopic (exact) mass is 205 g/mol. The van der Waals surface area contributed by atoms with Crippen molar-refractivity contribution >= 4 is 30.1 Å². The fourth-order valence-corrected chi connectivity index (χ4v) is 1.36. The average molecular weight is 205 g/mol. The van der Waals surface area contributed by atoms with Crippen molar-refractivity contribution in [2.75, 3.05) is 30.9 Å². The van der Waals surface area contributed by atoms with Gasteiger partial charge in [-0.25, -0.2) is 0 Å². The lowest BCUT2D eigenvalue weighted by Crippen LogP contribution is -2.13. The van der Waals surface area contributed by atoms with Crippen LogP contribution in [-0.2, 0) is 4.79 Å². The van der Waals surface area contributed by atoms with E-state index in [1.54, 1.807) is 0 Å². The van der Waals surface area contributed by atoms with Crippen LogP contribution in [0, 0.1) is 0 Å². The summed E-state index contributed by atoms with van der Waals surface area (Å²) in [6, 6.07) is 5.72. The van der Waals surface area contributed by atoms with E-state index in [9.17, 15) is 4.79 Å². The minimum atomic E-state index is 0.271.